The van der Waals surface area contributed by atoms with Crippen LogP contribution in [-0.4, -0.2) is 40.7 Å². The summed E-state index contributed by atoms with van der Waals surface area (Å²) in [5, 5.41) is 7.45. The molecule has 2 aliphatic carbocycles. The average Bonchev–Trinajstić information content (AvgIpc) is 3.47. The van der Waals surface area contributed by atoms with Crippen molar-refractivity contribution in [1.29, 1.82) is 0 Å². The van der Waals surface area contributed by atoms with Crippen molar-refractivity contribution < 1.29 is 8.91 Å². The number of aromatic amines is 1. The summed E-state index contributed by atoms with van der Waals surface area (Å²) in [5.41, 5.74) is 2.52. The lowest BCUT2D eigenvalue weighted by Crippen LogP contribution is -2.31. The van der Waals surface area contributed by atoms with Gasteiger partial charge in [-0.05, 0) is 74.0 Å². The Bertz CT molecular complexity index is 1560. The number of H-pyrrole nitrogens is 1. The number of aromatic nitrogens is 7. The molecule has 0 spiro atoms. The molecule has 2 aliphatic rings. The molecule has 0 saturated heterocycles. The Morgan fingerprint density at radius 3 is 2.50 bits per heavy atom. The molecule has 4 aromatic heterocycles. The van der Waals surface area contributed by atoms with Gasteiger partial charge in [0, 0.05) is 12.6 Å². The number of pyridine rings is 1. The van der Waals surface area contributed by atoms with Crippen molar-refractivity contribution in [2.75, 3.05) is 5.32 Å². The third-order valence-corrected chi connectivity index (χ3v) is 8.76. The number of halogens is 1. The molecule has 1 atom stereocenters. The van der Waals surface area contributed by atoms with Gasteiger partial charge in [0.15, 0.2) is 17.3 Å². The van der Waals surface area contributed by atoms with Gasteiger partial charge in [0.05, 0.1) is 0 Å². The molecule has 40 heavy (non-hydrogen) atoms. The zero-order valence-electron chi connectivity index (χ0n) is 23.6. The first-order valence-corrected chi connectivity index (χ1v) is 14.5. The molecule has 0 aromatic carbocycles. The fourth-order valence-electron chi connectivity index (χ4n) is 5.95. The minimum absolute atomic E-state index is 0.129. The van der Waals surface area contributed by atoms with E-state index in [-0.39, 0.29) is 23.6 Å². The fourth-order valence-corrected chi connectivity index (χ4v) is 5.95. The van der Waals surface area contributed by atoms with Gasteiger partial charge >= 0.3 is 5.76 Å². The smallest absolute Gasteiger partial charge is 0.365 e. The Morgan fingerprint density at radius 1 is 1.07 bits per heavy atom. The molecular formula is C29H37FN8O2. The molecular weight excluding hydrogens is 511 g/mol. The van der Waals surface area contributed by atoms with E-state index >= 15 is 0 Å². The van der Waals surface area contributed by atoms with Crippen LogP contribution in [0.1, 0.15) is 84.1 Å². The van der Waals surface area contributed by atoms with E-state index in [1.807, 2.05) is 19.9 Å². The van der Waals surface area contributed by atoms with Crippen molar-refractivity contribution in [3.63, 3.8) is 0 Å². The second-order valence-corrected chi connectivity index (χ2v) is 12.1. The molecule has 4 aromatic rings. The second kappa shape index (κ2) is 10.7. The quantitative estimate of drug-likeness (QED) is 0.260. The topological polar surface area (TPSA) is 127 Å². The highest BCUT2D eigenvalue weighted by Gasteiger charge is 2.29. The SMILES string of the molecule is CC(C)c1cc(F)nc(-c2nc3nc(-c4noc(=O)[nH]4)nc(N[C@H](C)C4CCC4)c3n2C[C@H]2CC[C@H](C)CC2)c1. The van der Waals surface area contributed by atoms with Gasteiger partial charge in [-0.2, -0.15) is 4.39 Å². The Balaban J connectivity index is 1.54. The number of nitrogens with zero attached hydrogens (tertiary/aromatic N) is 6. The third-order valence-electron chi connectivity index (χ3n) is 8.76. The van der Waals surface area contributed by atoms with Crippen LogP contribution in [0.4, 0.5) is 10.2 Å². The third kappa shape index (κ3) is 5.25. The molecule has 6 rings (SSSR count). The van der Waals surface area contributed by atoms with E-state index in [0.717, 1.165) is 29.8 Å². The van der Waals surface area contributed by atoms with E-state index in [1.54, 1.807) is 0 Å². The number of rotatable bonds is 8. The lowest BCUT2D eigenvalue weighted by Gasteiger charge is -2.32. The predicted molar refractivity (Wildman–Crippen MR) is 150 cm³/mol. The molecule has 10 nitrogen and oxygen atoms in total. The Morgan fingerprint density at radius 2 is 1.85 bits per heavy atom. The lowest BCUT2D eigenvalue weighted by molar-refractivity contribution is 0.267. The summed E-state index contributed by atoms with van der Waals surface area (Å²) in [4.78, 5) is 33.0. The maximum atomic E-state index is 14.8. The van der Waals surface area contributed by atoms with E-state index in [9.17, 15) is 9.18 Å². The number of hydrogen-bond donors (Lipinski definition) is 2. The average molecular weight is 549 g/mol. The number of fused-ring (bicyclic) bond motifs is 1. The Kier molecular flexibility index (Phi) is 7.14. The molecule has 212 valence electrons. The highest BCUT2D eigenvalue weighted by atomic mass is 19.1. The van der Waals surface area contributed by atoms with Crippen LogP contribution in [0.25, 0.3) is 34.3 Å². The molecule has 0 amide bonds. The van der Waals surface area contributed by atoms with Crippen molar-refractivity contribution in [2.24, 2.45) is 17.8 Å². The monoisotopic (exact) mass is 548 g/mol. The first-order chi connectivity index (χ1) is 19.2. The zero-order chi connectivity index (χ0) is 28.0. The minimum atomic E-state index is -0.682. The van der Waals surface area contributed by atoms with Crippen LogP contribution < -0.4 is 11.1 Å². The van der Waals surface area contributed by atoms with Crippen molar-refractivity contribution in [1.82, 2.24) is 34.6 Å². The summed E-state index contributed by atoms with van der Waals surface area (Å²) in [6.07, 6.45) is 8.18. The largest absolute Gasteiger partial charge is 0.439 e. The zero-order valence-corrected chi connectivity index (χ0v) is 23.6. The molecule has 2 saturated carbocycles. The van der Waals surface area contributed by atoms with E-state index in [2.05, 4.69) is 38.9 Å². The maximum absolute atomic E-state index is 14.8. The van der Waals surface area contributed by atoms with Crippen LogP contribution in [0.15, 0.2) is 21.5 Å². The van der Waals surface area contributed by atoms with E-state index in [1.165, 1.54) is 38.2 Å². The highest BCUT2D eigenvalue weighted by Crippen LogP contribution is 2.37. The van der Waals surface area contributed by atoms with Crippen molar-refractivity contribution in [3.8, 4) is 23.2 Å². The van der Waals surface area contributed by atoms with Gasteiger partial charge in [-0.1, -0.05) is 45.2 Å². The molecule has 2 fully saturated rings. The highest BCUT2D eigenvalue weighted by molar-refractivity contribution is 5.88. The molecule has 0 aliphatic heterocycles. The van der Waals surface area contributed by atoms with Gasteiger partial charge in [-0.15, -0.1) is 0 Å². The molecule has 4 heterocycles. The number of imidazole rings is 1. The van der Waals surface area contributed by atoms with Crippen LogP contribution in [0.3, 0.4) is 0 Å². The first-order valence-electron chi connectivity index (χ1n) is 14.5. The van der Waals surface area contributed by atoms with Gasteiger partial charge in [-0.25, -0.2) is 24.7 Å². The van der Waals surface area contributed by atoms with Crippen molar-refractivity contribution in [2.45, 2.75) is 91.1 Å². The summed E-state index contributed by atoms with van der Waals surface area (Å²) < 4.78 is 21.7. The van der Waals surface area contributed by atoms with Crippen LogP contribution >= 0.6 is 0 Å². The van der Waals surface area contributed by atoms with E-state index in [0.29, 0.717) is 41.4 Å². The van der Waals surface area contributed by atoms with Crippen molar-refractivity contribution >= 4 is 17.0 Å². The van der Waals surface area contributed by atoms with Gasteiger partial charge in [0.1, 0.15) is 11.2 Å². The molecule has 2 N–H and O–H groups in total. The summed E-state index contributed by atoms with van der Waals surface area (Å²) in [5.74, 6) is 2.17. The summed E-state index contributed by atoms with van der Waals surface area (Å²) in [6.45, 7) is 9.26. The Hall–Kier alpha value is -3.63. The van der Waals surface area contributed by atoms with Crippen LogP contribution in [0.5, 0.6) is 0 Å². The fraction of sp³-hybridized carbons (Fsp3) is 0.586. The standard InChI is InChI=1S/C29H37FN8O2/c1-15(2)20-12-21(32-22(30)13-20)28-35-25-23(38(28)14-18-10-8-16(3)9-11-18)24(31-17(4)19-6-5-7-19)33-26(34-25)27-36-29(39)40-37-27/h12-13,15-19H,5-11,14H2,1-4H3,(H,31,33,34)(H,36,37,39)/t16-,17-,18-/m1/s1. The van der Waals surface area contributed by atoms with Gasteiger partial charge in [-0.3, -0.25) is 9.51 Å². The summed E-state index contributed by atoms with van der Waals surface area (Å²) in [7, 11) is 0. The number of hydrogen-bond acceptors (Lipinski definition) is 8. The summed E-state index contributed by atoms with van der Waals surface area (Å²) in [6, 6.07) is 3.58. The lowest BCUT2D eigenvalue weighted by atomic mass is 9.80. The van der Waals surface area contributed by atoms with Gasteiger partial charge in [0.2, 0.25) is 17.6 Å². The summed E-state index contributed by atoms with van der Waals surface area (Å²) >= 11 is 0. The second-order valence-electron chi connectivity index (χ2n) is 12.1. The van der Waals surface area contributed by atoms with Crippen molar-refractivity contribution in [3.05, 3.63) is 34.2 Å². The molecule has 0 radical (unpaired) electrons. The molecule has 11 heteroatoms. The number of anilines is 1. The Labute approximate surface area is 232 Å². The van der Waals surface area contributed by atoms with Crippen LogP contribution in [-0.2, 0) is 6.54 Å². The van der Waals surface area contributed by atoms with E-state index < -0.39 is 11.7 Å². The van der Waals surface area contributed by atoms with Crippen LogP contribution in [0, 0.1) is 23.7 Å². The predicted octanol–water partition coefficient (Wildman–Crippen LogP) is 5.92. The molecule has 0 unspecified atom stereocenters. The normalized spacial score (nSPS) is 20.6. The maximum Gasteiger partial charge on any atom is 0.439 e. The minimum Gasteiger partial charge on any atom is -0.365 e. The number of nitrogens with one attached hydrogen (secondary N) is 2. The van der Waals surface area contributed by atoms with E-state index in [4.69, 9.17) is 19.5 Å². The van der Waals surface area contributed by atoms with Crippen LogP contribution in [0.2, 0.25) is 0 Å². The molecule has 0 bridgehead atoms. The van der Waals surface area contributed by atoms with Gasteiger partial charge in [0.25, 0.3) is 0 Å². The van der Waals surface area contributed by atoms with Gasteiger partial charge < -0.3 is 9.88 Å². The first kappa shape index (κ1) is 26.6.